The van der Waals surface area contributed by atoms with Gasteiger partial charge in [-0.15, -0.1) is 0 Å². The van der Waals surface area contributed by atoms with E-state index in [2.05, 4.69) is 10.3 Å². The second kappa shape index (κ2) is 6.29. The Kier molecular flexibility index (Phi) is 4.47. The van der Waals surface area contributed by atoms with Crippen molar-refractivity contribution in [3.63, 3.8) is 0 Å². The van der Waals surface area contributed by atoms with Crippen LogP contribution in [0.25, 0.3) is 0 Å². The van der Waals surface area contributed by atoms with E-state index in [1.807, 2.05) is 31.2 Å². The fourth-order valence-electron chi connectivity index (χ4n) is 1.55. The normalized spacial score (nSPS) is 10.2. The molecule has 0 amide bonds. The van der Waals surface area contributed by atoms with Crippen LogP contribution >= 0.6 is 11.6 Å². The third-order valence-corrected chi connectivity index (χ3v) is 2.66. The molecule has 100 valence electrons. The number of hydrogen-bond acceptors (Lipinski definition) is 4. The van der Waals surface area contributed by atoms with Crippen LogP contribution in [-0.2, 0) is 0 Å². The van der Waals surface area contributed by atoms with Gasteiger partial charge in [0.05, 0.1) is 12.3 Å². The van der Waals surface area contributed by atoms with E-state index in [1.54, 1.807) is 12.1 Å². The van der Waals surface area contributed by atoms with Gasteiger partial charge in [-0.25, -0.2) is 0 Å². The number of nitrogens with zero attached hydrogens (tertiary/aromatic N) is 1. The maximum Gasteiger partial charge on any atom is 0.239 e. The van der Waals surface area contributed by atoms with Crippen LogP contribution in [0, 0.1) is 0 Å². The molecule has 2 aromatic rings. The Morgan fingerprint density at radius 2 is 2.16 bits per heavy atom. The average Bonchev–Trinajstić information content (AvgIpc) is 2.39. The minimum atomic E-state index is 0.453. The van der Waals surface area contributed by atoms with Crippen LogP contribution in [-0.4, -0.2) is 11.6 Å². The molecule has 0 saturated carbocycles. The zero-order valence-electron chi connectivity index (χ0n) is 10.7. The van der Waals surface area contributed by atoms with E-state index in [1.165, 1.54) is 0 Å². The Morgan fingerprint density at radius 3 is 2.89 bits per heavy atom. The number of nitrogens with one attached hydrogen (secondary N) is 1. The summed E-state index contributed by atoms with van der Waals surface area (Å²) in [6.07, 6.45) is 0.910. The van der Waals surface area contributed by atoms with Gasteiger partial charge in [0, 0.05) is 10.7 Å². The standard InChI is InChI=1S/C14H16ClN3O/c1-2-8-19-14-12(16)6-7-13(18-14)17-11-5-3-4-10(15)9-11/h3-7,9H,2,8,16H2,1H3,(H,17,18). The molecule has 0 atom stereocenters. The van der Waals surface area contributed by atoms with Crippen molar-refractivity contribution in [1.29, 1.82) is 0 Å². The molecular formula is C14H16ClN3O. The zero-order chi connectivity index (χ0) is 13.7. The molecule has 1 heterocycles. The van der Waals surface area contributed by atoms with Gasteiger partial charge in [-0.3, -0.25) is 0 Å². The van der Waals surface area contributed by atoms with Gasteiger partial charge in [-0.05, 0) is 36.8 Å². The van der Waals surface area contributed by atoms with Gasteiger partial charge in [0.15, 0.2) is 0 Å². The van der Waals surface area contributed by atoms with Gasteiger partial charge in [-0.1, -0.05) is 24.6 Å². The van der Waals surface area contributed by atoms with Gasteiger partial charge >= 0.3 is 0 Å². The van der Waals surface area contributed by atoms with Crippen LogP contribution in [0.15, 0.2) is 36.4 Å². The SMILES string of the molecule is CCCOc1nc(Nc2cccc(Cl)c2)ccc1N. The molecule has 4 nitrogen and oxygen atoms in total. The predicted molar refractivity (Wildman–Crippen MR) is 79.2 cm³/mol. The van der Waals surface area contributed by atoms with Crippen LogP contribution in [0.5, 0.6) is 5.88 Å². The molecule has 0 bridgehead atoms. The highest BCUT2D eigenvalue weighted by molar-refractivity contribution is 6.30. The molecule has 3 N–H and O–H groups in total. The third-order valence-electron chi connectivity index (χ3n) is 2.43. The van der Waals surface area contributed by atoms with Crippen molar-refractivity contribution < 1.29 is 4.74 Å². The Morgan fingerprint density at radius 1 is 1.32 bits per heavy atom. The molecular weight excluding hydrogens is 262 g/mol. The van der Waals surface area contributed by atoms with Crippen molar-refractivity contribution >= 4 is 28.8 Å². The molecule has 0 unspecified atom stereocenters. The molecule has 0 aliphatic heterocycles. The summed E-state index contributed by atoms with van der Waals surface area (Å²) in [5, 5.41) is 3.83. The minimum Gasteiger partial charge on any atom is -0.476 e. The molecule has 19 heavy (non-hydrogen) atoms. The molecule has 0 fully saturated rings. The van der Waals surface area contributed by atoms with E-state index in [0.29, 0.717) is 29.0 Å². The molecule has 0 aliphatic rings. The fraction of sp³-hybridized carbons (Fsp3) is 0.214. The van der Waals surface area contributed by atoms with E-state index in [-0.39, 0.29) is 0 Å². The lowest BCUT2D eigenvalue weighted by Gasteiger charge is -2.10. The molecule has 0 spiro atoms. The first-order valence-electron chi connectivity index (χ1n) is 6.11. The molecule has 2 rings (SSSR count). The highest BCUT2D eigenvalue weighted by atomic mass is 35.5. The summed E-state index contributed by atoms with van der Waals surface area (Å²) < 4.78 is 5.49. The smallest absolute Gasteiger partial charge is 0.239 e. The average molecular weight is 278 g/mol. The van der Waals surface area contributed by atoms with E-state index >= 15 is 0 Å². The fourth-order valence-corrected chi connectivity index (χ4v) is 1.74. The summed E-state index contributed by atoms with van der Waals surface area (Å²) in [4.78, 5) is 4.33. The molecule has 5 heteroatoms. The van der Waals surface area contributed by atoms with Crippen molar-refractivity contribution in [2.24, 2.45) is 0 Å². The Hall–Kier alpha value is -1.94. The van der Waals surface area contributed by atoms with Crippen molar-refractivity contribution in [2.45, 2.75) is 13.3 Å². The first-order valence-corrected chi connectivity index (χ1v) is 6.48. The Balaban J connectivity index is 2.16. The second-order valence-electron chi connectivity index (χ2n) is 4.07. The summed E-state index contributed by atoms with van der Waals surface area (Å²) in [5.41, 5.74) is 7.21. The Bertz CT molecular complexity index is 560. The highest BCUT2D eigenvalue weighted by Crippen LogP contribution is 2.24. The van der Waals surface area contributed by atoms with Gasteiger partial charge in [0.25, 0.3) is 0 Å². The van der Waals surface area contributed by atoms with Crippen LogP contribution in [0.4, 0.5) is 17.2 Å². The maximum absolute atomic E-state index is 5.93. The largest absolute Gasteiger partial charge is 0.476 e. The van der Waals surface area contributed by atoms with Crippen LogP contribution < -0.4 is 15.8 Å². The van der Waals surface area contributed by atoms with Crippen molar-refractivity contribution in [1.82, 2.24) is 4.98 Å². The number of anilines is 3. The van der Waals surface area contributed by atoms with E-state index in [0.717, 1.165) is 12.1 Å². The molecule has 0 saturated heterocycles. The highest BCUT2D eigenvalue weighted by Gasteiger charge is 2.04. The van der Waals surface area contributed by atoms with Crippen molar-refractivity contribution in [3.8, 4) is 5.88 Å². The lowest BCUT2D eigenvalue weighted by atomic mass is 10.3. The van der Waals surface area contributed by atoms with Crippen LogP contribution in [0.2, 0.25) is 5.02 Å². The van der Waals surface area contributed by atoms with Crippen molar-refractivity contribution in [2.75, 3.05) is 17.7 Å². The minimum absolute atomic E-state index is 0.453. The van der Waals surface area contributed by atoms with Crippen LogP contribution in [0.3, 0.4) is 0 Å². The van der Waals surface area contributed by atoms with Gasteiger partial charge < -0.3 is 15.8 Å². The summed E-state index contributed by atoms with van der Waals surface area (Å²) in [6.45, 7) is 2.63. The Labute approximate surface area is 117 Å². The summed E-state index contributed by atoms with van der Waals surface area (Å²) in [5.74, 6) is 1.12. The maximum atomic E-state index is 5.93. The third kappa shape index (κ3) is 3.76. The first-order chi connectivity index (χ1) is 9.19. The zero-order valence-corrected chi connectivity index (χ0v) is 11.4. The predicted octanol–water partition coefficient (Wildman–Crippen LogP) is 3.85. The van der Waals surface area contributed by atoms with E-state index in [9.17, 15) is 0 Å². The number of hydrogen-bond donors (Lipinski definition) is 2. The van der Waals surface area contributed by atoms with Gasteiger partial charge in [0.1, 0.15) is 5.82 Å². The number of ether oxygens (including phenoxy) is 1. The number of pyridine rings is 1. The topological polar surface area (TPSA) is 60.2 Å². The van der Waals surface area contributed by atoms with Crippen molar-refractivity contribution in [3.05, 3.63) is 41.4 Å². The molecule has 0 radical (unpaired) electrons. The second-order valence-corrected chi connectivity index (χ2v) is 4.51. The number of nitrogens with two attached hydrogens (primary N) is 1. The van der Waals surface area contributed by atoms with Crippen LogP contribution in [0.1, 0.15) is 13.3 Å². The summed E-state index contributed by atoms with van der Waals surface area (Å²) >= 11 is 5.93. The van der Waals surface area contributed by atoms with Gasteiger partial charge in [0.2, 0.25) is 5.88 Å². The summed E-state index contributed by atoms with van der Waals surface area (Å²) in [6, 6.07) is 11.0. The number of aromatic nitrogens is 1. The van der Waals surface area contributed by atoms with E-state index < -0.39 is 0 Å². The molecule has 1 aromatic carbocycles. The lowest BCUT2D eigenvalue weighted by Crippen LogP contribution is -2.03. The van der Waals surface area contributed by atoms with E-state index in [4.69, 9.17) is 22.1 Å². The first kappa shape index (κ1) is 13.5. The van der Waals surface area contributed by atoms with Gasteiger partial charge in [-0.2, -0.15) is 4.98 Å². The quantitative estimate of drug-likeness (QED) is 0.871. The number of rotatable bonds is 5. The summed E-state index contributed by atoms with van der Waals surface area (Å²) in [7, 11) is 0. The number of benzene rings is 1. The molecule has 0 aliphatic carbocycles. The monoisotopic (exact) mass is 277 g/mol. The number of halogens is 1. The lowest BCUT2D eigenvalue weighted by molar-refractivity contribution is 0.307. The molecule has 1 aromatic heterocycles. The number of nitrogen functional groups attached to an aromatic ring is 1.